The predicted molar refractivity (Wildman–Crippen MR) is 63.2 cm³/mol. The van der Waals surface area contributed by atoms with Gasteiger partial charge in [0.1, 0.15) is 17.9 Å². The van der Waals surface area contributed by atoms with Crippen LogP contribution in [0.15, 0.2) is 12.1 Å². The molecule has 82 valence electrons. The van der Waals surface area contributed by atoms with Crippen molar-refractivity contribution in [3.8, 4) is 17.6 Å². The van der Waals surface area contributed by atoms with E-state index in [2.05, 4.69) is 16.8 Å². The zero-order valence-corrected chi connectivity index (χ0v) is 9.14. The van der Waals surface area contributed by atoms with Crippen LogP contribution in [0.25, 0.3) is 10.2 Å². The summed E-state index contributed by atoms with van der Waals surface area (Å²) in [5, 5.41) is 10.1. The highest BCUT2D eigenvalue weighted by atomic mass is 32.1. The van der Waals surface area contributed by atoms with E-state index in [4.69, 9.17) is 5.73 Å². The predicted octanol–water partition coefficient (Wildman–Crippen LogP) is 2.30. The van der Waals surface area contributed by atoms with Crippen LogP contribution in [0.1, 0.15) is 12.0 Å². The van der Waals surface area contributed by atoms with Gasteiger partial charge >= 0.3 is 0 Å². The van der Waals surface area contributed by atoms with E-state index in [1.165, 1.54) is 17.4 Å². The second-order valence-electron chi connectivity index (χ2n) is 3.13. The molecule has 3 N–H and O–H groups in total. The van der Waals surface area contributed by atoms with Crippen LogP contribution in [0.5, 0.6) is 5.75 Å². The molecule has 2 aromatic rings. The van der Waals surface area contributed by atoms with E-state index in [0.717, 1.165) is 4.70 Å². The lowest BCUT2D eigenvalue weighted by molar-refractivity contribution is 0.480. The minimum atomic E-state index is -0.464. The third kappa shape index (κ3) is 2.07. The third-order valence-corrected chi connectivity index (χ3v) is 2.78. The van der Waals surface area contributed by atoms with Crippen molar-refractivity contribution in [1.82, 2.24) is 4.98 Å². The number of thiazole rings is 1. The van der Waals surface area contributed by atoms with E-state index in [0.29, 0.717) is 16.2 Å². The summed E-state index contributed by atoms with van der Waals surface area (Å²) in [6.45, 7) is -0.464. The fourth-order valence-electron chi connectivity index (χ4n) is 1.31. The Balaban J connectivity index is 2.46. The Morgan fingerprint density at radius 3 is 3.06 bits per heavy atom. The molecule has 0 bridgehead atoms. The third-order valence-electron chi connectivity index (χ3n) is 1.94. The molecular weight excluding hydrogens is 227 g/mol. The van der Waals surface area contributed by atoms with Gasteiger partial charge in [0, 0.05) is 12.0 Å². The van der Waals surface area contributed by atoms with Crippen molar-refractivity contribution in [2.75, 3.05) is 12.4 Å². The molecule has 1 aromatic carbocycles. The van der Waals surface area contributed by atoms with Crippen LogP contribution < -0.4 is 5.73 Å². The Labute approximate surface area is 95.7 Å². The first-order valence-electron chi connectivity index (χ1n) is 4.64. The Bertz CT molecular complexity index is 583. The largest absolute Gasteiger partial charge is 0.506 e. The van der Waals surface area contributed by atoms with Gasteiger partial charge in [0.2, 0.25) is 0 Å². The Morgan fingerprint density at radius 1 is 1.50 bits per heavy atom. The minimum absolute atomic E-state index is 0.0509. The molecule has 0 unspecified atom stereocenters. The summed E-state index contributed by atoms with van der Waals surface area (Å²) in [6, 6.07) is 3.29. The van der Waals surface area contributed by atoms with Crippen molar-refractivity contribution in [2.45, 2.75) is 6.42 Å². The fourth-order valence-corrected chi connectivity index (χ4v) is 2.11. The molecular formula is C11H9FN2OS. The van der Waals surface area contributed by atoms with Gasteiger partial charge in [0.15, 0.2) is 5.13 Å². The molecule has 0 radical (unpaired) electrons. The van der Waals surface area contributed by atoms with Crippen LogP contribution in [0.2, 0.25) is 0 Å². The summed E-state index contributed by atoms with van der Waals surface area (Å²) in [6.07, 6.45) is 0.198. The van der Waals surface area contributed by atoms with Gasteiger partial charge in [-0.05, 0) is 12.1 Å². The maximum absolute atomic E-state index is 11.9. The number of alkyl halides is 1. The number of halogens is 1. The monoisotopic (exact) mass is 236 g/mol. The summed E-state index contributed by atoms with van der Waals surface area (Å²) < 4.78 is 12.6. The number of hydrogen-bond donors (Lipinski definition) is 2. The molecule has 0 spiro atoms. The SMILES string of the molecule is Nc1nc2c(O)cc(C#CCCF)cc2s1. The van der Waals surface area contributed by atoms with Crippen LogP contribution in [0.4, 0.5) is 9.52 Å². The van der Waals surface area contributed by atoms with Crippen LogP contribution in [0, 0.1) is 11.8 Å². The number of nitrogen functional groups attached to an aromatic ring is 1. The van der Waals surface area contributed by atoms with Crippen molar-refractivity contribution in [3.63, 3.8) is 0 Å². The Morgan fingerprint density at radius 2 is 2.31 bits per heavy atom. The van der Waals surface area contributed by atoms with Gasteiger partial charge in [-0.15, -0.1) is 0 Å². The average molecular weight is 236 g/mol. The fraction of sp³-hybridized carbons (Fsp3) is 0.182. The van der Waals surface area contributed by atoms with Crippen molar-refractivity contribution in [3.05, 3.63) is 17.7 Å². The van der Waals surface area contributed by atoms with E-state index in [-0.39, 0.29) is 12.2 Å². The molecule has 3 nitrogen and oxygen atoms in total. The number of phenols is 1. The van der Waals surface area contributed by atoms with E-state index in [9.17, 15) is 9.50 Å². The highest BCUT2D eigenvalue weighted by Gasteiger charge is 2.06. The van der Waals surface area contributed by atoms with Crippen molar-refractivity contribution in [2.24, 2.45) is 0 Å². The molecule has 0 amide bonds. The second-order valence-corrected chi connectivity index (χ2v) is 4.20. The summed E-state index contributed by atoms with van der Waals surface area (Å²) >= 11 is 1.28. The maximum atomic E-state index is 11.9. The van der Waals surface area contributed by atoms with Gasteiger partial charge < -0.3 is 10.8 Å². The molecule has 16 heavy (non-hydrogen) atoms. The summed E-state index contributed by atoms with van der Waals surface area (Å²) in [7, 11) is 0. The lowest BCUT2D eigenvalue weighted by Gasteiger charge is -1.94. The lowest BCUT2D eigenvalue weighted by atomic mass is 10.2. The summed E-state index contributed by atoms with van der Waals surface area (Å²) in [5.41, 5.74) is 6.67. The molecule has 0 aliphatic carbocycles. The Kier molecular flexibility index (Phi) is 2.93. The van der Waals surface area contributed by atoms with Gasteiger partial charge in [-0.1, -0.05) is 23.2 Å². The van der Waals surface area contributed by atoms with Gasteiger partial charge in [-0.2, -0.15) is 0 Å². The summed E-state index contributed by atoms with van der Waals surface area (Å²) in [5.74, 6) is 5.49. The van der Waals surface area contributed by atoms with Crippen LogP contribution in [0.3, 0.4) is 0 Å². The number of nitrogens with zero attached hydrogens (tertiary/aromatic N) is 1. The molecule has 0 saturated carbocycles. The molecule has 2 rings (SSSR count). The summed E-state index contributed by atoms with van der Waals surface area (Å²) in [4.78, 5) is 3.99. The van der Waals surface area contributed by atoms with Gasteiger partial charge in [-0.3, -0.25) is 4.39 Å². The standard InChI is InChI=1S/C11H9FN2OS/c12-4-2-1-3-7-5-8(15)10-9(6-7)16-11(13)14-10/h5-6,15H,2,4H2,(H2,13,14). The number of nitrogens with two attached hydrogens (primary N) is 1. The molecule has 0 saturated heterocycles. The van der Waals surface area contributed by atoms with Crippen molar-refractivity contribution in [1.29, 1.82) is 0 Å². The number of aromatic nitrogens is 1. The molecule has 0 aliphatic rings. The topological polar surface area (TPSA) is 59.1 Å². The number of benzene rings is 1. The molecule has 1 aromatic heterocycles. The number of aromatic hydroxyl groups is 1. The quantitative estimate of drug-likeness (QED) is 0.747. The first kappa shape index (κ1) is 10.7. The van der Waals surface area contributed by atoms with Gasteiger partial charge in [0.25, 0.3) is 0 Å². The number of phenolic OH excluding ortho intramolecular Hbond substituents is 1. The minimum Gasteiger partial charge on any atom is -0.506 e. The number of anilines is 1. The smallest absolute Gasteiger partial charge is 0.181 e. The van der Waals surface area contributed by atoms with E-state index >= 15 is 0 Å². The van der Waals surface area contributed by atoms with E-state index < -0.39 is 6.67 Å². The molecule has 5 heteroatoms. The first-order chi connectivity index (χ1) is 7.70. The first-order valence-corrected chi connectivity index (χ1v) is 5.46. The normalized spacial score (nSPS) is 10.1. The number of rotatable bonds is 1. The van der Waals surface area contributed by atoms with Crippen molar-refractivity contribution >= 4 is 26.7 Å². The van der Waals surface area contributed by atoms with Crippen LogP contribution >= 0.6 is 11.3 Å². The van der Waals surface area contributed by atoms with E-state index in [1.807, 2.05) is 0 Å². The van der Waals surface area contributed by atoms with Crippen LogP contribution in [-0.2, 0) is 0 Å². The van der Waals surface area contributed by atoms with Gasteiger partial charge in [0.05, 0.1) is 4.70 Å². The maximum Gasteiger partial charge on any atom is 0.181 e. The molecule has 0 aliphatic heterocycles. The zero-order valence-electron chi connectivity index (χ0n) is 8.33. The highest BCUT2D eigenvalue weighted by Crippen LogP contribution is 2.31. The van der Waals surface area contributed by atoms with Crippen molar-refractivity contribution < 1.29 is 9.50 Å². The lowest BCUT2D eigenvalue weighted by Crippen LogP contribution is -1.80. The van der Waals surface area contributed by atoms with Crippen LogP contribution in [-0.4, -0.2) is 16.8 Å². The Hall–Kier alpha value is -1.80. The molecule has 1 heterocycles. The average Bonchev–Trinajstić information content (AvgIpc) is 2.60. The molecule has 0 atom stereocenters. The highest BCUT2D eigenvalue weighted by molar-refractivity contribution is 7.22. The van der Waals surface area contributed by atoms with Gasteiger partial charge in [-0.25, -0.2) is 4.98 Å². The second kappa shape index (κ2) is 4.37. The molecule has 0 fully saturated rings. The number of hydrogen-bond acceptors (Lipinski definition) is 4. The van der Waals surface area contributed by atoms with E-state index in [1.54, 1.807) is 6.07 Å². The zero-order chi connectivity index (χ0) is 11.5. The number of fused-ring (bicyclic) bond motifs is 1.